The minimum absolute atomic E-state index is 0.169. The third-order valence-electron chi connectivity index (χ3n) is 3.69. The molecule has 0 aliphatic rings. The van der Waals surface area contributed by atoms with E-state index in [1.54, 1.807) is 26.9 Å². The van der Waals surface area contributed by atoms with E-state index in [9.17, 15) is 4.79 Å². The highest BCUT2D eigenvalue weighted by atomic mass is 32.1. The summed E-state index contributed by atoms with van der Waals surface area (Å²) in [6, 6.07) is 13.4. The SMILES string of the molecule is Cc1c(NC(=S)N/N=C\c2cccs2)c(=O)n(-c2ccccc2)n1C. The summed E-state index contributed by atoms with van der Waals surface area (Å²) >= 11 is 6.81. The van der Waals surface area contributed by atoms with E-state index in [2.05, 4.69) is 15.8 Å². The summed E-state index contributed by atoms with van der Waals surface area (Å²) in [7, 11) is 1.83. The molecular formula is C17H17N5OS2. The number of thiocarbonyl (C=S) groups is 1. The molecule has 0 spiro atoms. The van der Waals surface area contributed by atoms with Crippen LogP contribution in [0.1, 0.15) is 10.6 Å². The molecule has 0 atom stereocenters. The van der Waals surface area contributed by atoms with Crippen LogP contribution in [-0.4, -0.2) is 20.7 Å². The standard InChI is InChI=1S/C17H17N5OS2/c1-12-15(19-17(24)20-18-11-14-9-6-10-25-14)16(23)22(21(12)2)13-7-4-3-5-8-13/h3-11H,1-2H3,(H2,19,20,24)/b18-11-. The molecule has 0 bridgehead atoms. The van der Waals surface area contributed by atoms with E-state index in [0.717, 1.165) is 16.3 Å². The number of nitrogens with zero attached hydrogens (tertiary/aromatic N) is 3. The van der Waals surface area contributed by atoms with Gasteiger partial charge < -0.3 is 5.32 Å². The summed E-state index contributed by atoms with van der Waals surface area (Å²) < 4.78 is 3.38. The van der Waals surface area contributed by atoms with Gasteiger partial charge in [-0.3, -0.25) is 14.9 Å². The van der Waals surface area contributed by atoms with Crippen molar-refractivity contribution >= 4 is 40.6 Å². The monoisotopic (exact) mass is 371 g/mol. The van der Waals surface area contributed by atoms with Crippen molar-refractivity contribution in [3.05, 3.63) is 68.8 Å². The van der Waals surface area contributed by atoms with Crippen LogP contribution in [0.4, 0.5) is 5.69 Å². The van der Waals surface area contributed by atoms with Gasteiger partial charge in [-0.05, 0) is 42.7 Å². The number of aromatic nitrogens is 2. The number of hydrogen-bond acceptors (Lipinski definition) is 4. The van der Waals surface area contributed by atoms with E-state index in [-0.39, 0.29) is 10.7 Å². The van der Waals surface area contributed by atoms with Crippen LogP contribution in [0, 0.1) is 6.92 Å². The van der Waals surface area contributed by atoms with Crippen LogP contribution in [0.2, 0.25) is 0 Å². The minimum atomic E-state index is -0.169. The Labute approximate surface area is 154 Å². The summed E-state index contributed by atoms with van der Waals surface area (Å²) in [5.74, 6) is 0. The lowest BCUT2D eigenvalue weighted by Gasteiger charge is -2.07. The number of thiophene rings is 1. The van der Waals surface area contributed by atoms with Crippen molar-refractivity contribution < 1.29 is 0 Å². The van der Waals surface area contributed by atoms with Gasteiger partial charge in [-0.25, -0.2) is 4.68 Å². The molecule has 0 fully saturated rings. The van der Waals surface area contributed by atoms with Crippen molar-refractivity contribution in [3.8, 4) is 5.69 Å². The Balaban J connectivity index is 1.79. The Morgan fingerprint density at radius 2 is 2.00 bits per heavy atom. The van der Waals surface area contributed by atoms with Crippen molar-refractivity contribution in [1.29, 1.82) is 0 Å². The van der Waals surface area contributed by atoms with Gasteiger partial charge in [0.25, 0.3) is 5.56 Å². The molecule has 2 heterocycles. The molecule has 2 aromatic heterocycles. The zero-order valence-electron chi connectivity index (χ0n) is 13.8. The van der Waals surface area contributed by atoms with Gasteiger partial charge in [0.15, 0.2) is 5.11 Å². The predicted octanol–water partition coefficient (Wildman–Crippen LogP) is 2.87. The molecule has 0 saturated carbocycles. The molecule has 0 radical (unpaired) electrons. The summed E-state index contributed by atoms with van der Waals surface area (Å²) in [6.45, 7) is 1.86. The number of para-hydroxylation sites is 1. The number of hydrazone groups is 1. The molecule has 0 aliphatic carbocycles. The van der Waals surface area contributed by atoms with Crippen molar-refractivity contribution in [1.82, 2.24) is 14.8 Å². The lowest BCUT2D eigenvalue weighted by molar-refractivity contribution is 0.630. The fraction of sp³-hybridized carbons (Fsp3) is 0.118. The number of benzene rings is 1. The zero-order valence-corrected chi connectivity index (χ0v) is 15.4. The summed E-state index contributed by atoms with van der Waals surface area (Å²) in [5.41, 5.74) is 4.56. The second-order valence-electron chi connectivity index (χ2n) is 5.28. The highest BCUT2D eigenvalue weighted by Crippen LogP contribution is 2.13. The van der Waals surface area contributed by atoms with Crippen molar-refractivity contribution in [3.63, 3.8) is 0 Å². The topological polar surface area (TPSA) is 63.4 Å². The smallest absolute Gasteiger partial charge is 0.295 e. The van der Waals surface area contributed by atoms with Gasteiger partial charge in [0, 0.05) is 11.9 Å². The normalized spacial score (nSPS) is 11.0. The summed E-state index contributed by atoms with van der Waals surface area (Å²) in [5, 5.41) is 9.25. The fourth-order valence-corrected chi connectivity index (χ4v) is 3.11. The van der Waals surface area contributed by atoms with Gasteiger partial charge in [0.2, 0.25) is 0 Å². The van der Waals surface area contributed by atoms with Crippen molar-refractivity contribution in [2.24, 2.45) is 12.1 Å². The fourth-order valence-electron chi connectivity index (χ4n) is 2.37. The maximum absolute atomic E-state index is 12.8. The van der Waals surface area contributed by atoms with Crippen LogP contribution in [0.5, 0.6) is 0 Å². The van der Waals surface area contributed by atoms with Crippen LogP contribution < -0.4 is 16.3 Å². The van der Waals surface area contributed by atoms with Gasteiger partial charge in [0.05, 0.1) is 17.6 Å². The van der Waals surface area contributed by atoms with Crippen LogP contribution in [-0.2, 0) is 7.05 Å². The second-order valence-corrected chi connectivity index (χ2v) is 6.66. The van der Waals surface area contributed by atoms with Crippen LogP contribution in [0.15, 0.2) is 57.7 Å². The third kappa shape index (κ3) is 3.70. The molecule has 8 heteroatoms. The summed E-state index contributed by atoms with van der Waals surface area (Å²) in [6.07, 6.45) is 1.68. The Morgan fingerprint density at radius 3 is 2.68 bits per heavy atom. The molecule has 0 aliphatic heterocycles. The quantitative estimate of drug-likeness (QED) is 0.421. The minimum Gasteiger partial charge on any atom is -0.325 e. The molecule has 3 aromatic rings. The first-order chi connectivity index (χ1) is 12.1. The first-order valence-electron chi connectivity index (χ1n) is 7.55. The highest BCUT2D eigenvalue weighted by Gasteiger charge is 2.16. The maximum Gasteiger partial charge on any atom is 0.295 e. The average molecular weight is 371 g/mol. The predicted molar refractivity (Wildman–Crippen MR) is 107 cm³/mol. The lowest BCUT2D eigenvalue weighted by atomic mass is 10.3. The molecule has 0 unspecified atom stereocenters. The van der Waals surface area contributed by atoms with E-state index in [4.69, 9.17) is 12.2 Å². The summed E-state index contributed by atoms with van der Waals surface area (Å²) in [4.78, 5) is 13.8. The maximum atomic E-state index is 12.8. The first-order valence-corrected chi connectivity index (χ1v) is 8.84. The lowest BCUT2D eigenvalue weighted by Crippen LogP contribution is -2.28. The first kappa shape index (κ1) is 17.1. The molecular weight excluding hydrogens is 354 g/mol. The van der Waals surface area contributed by atoms with Gasteiger partial charge in [-0.2, -0.15) is 5.10 Å². The average Bonchev–Trinajstić information content (AvgIpc) is 3.19. The molecule has 25 heavy (non-hydrogen) atoms. The third-order valence-corrected chi connectivity index (χ3v) is 4.69. The Hall–Kier alpha value is -2.71. The number of nitrogens with one attached hydrogen (secondary N) is 2. The zero-order chi connectivity index (χ0) is 17.8. The van der Waals surface area contributed by atoms with Crippen molar-refractivity contribution in [2.75, 3.05) is 5.32 Å². The van der Waals surface area contributed by atoms with E-state index in [0.29, 0.717) is 5.69 Å². The van der Waals surface area contributed by atoms with Gasteiger partial charge in [-0.1, -0.05) is 24.3 Å². The largest absolute Gasteiger partial charge is 0.325 e. The van der Waals surface area contributed by atoms with E-state index in [1.807, 2.05) is 61.8 Å². The van der Waals surface area contributed by atoms with E-state index >= 15 is 0 Å². The van der Waals surface area contributed by atoms with Crippen LogP contribution >= 0.6 is 23.6 Å². The number of hydrogen-bond donors (Lipinski definition) is 2. The Bertz CT molecular complexity index is 955. The Kier molecular flexibility index (Phi) is 5.11. The molecule has 0 saturated heterocycles. The van der Waals surface area contributed by atoms with Gasteiger partial charge >= 0.3 is 0 Å². The van der Waals surface area contributed by atoms with Crippen LogP contribution in [0.25, 0.3) is 5.69 Å². The molecule has 2 N–H and O–H groups in total. The van der Waals surface area contributed by atoms with Gasteiger partial charge in [0.1, 0.15) is 5.69 Å². The van der Waals surface area contributed by atoms with Crippen LogP contribution in [0.3, 0.4) is 0 Å². The number of anilines is 1. The molecule has 0 amide bonds. The van der Waals surface area contributed by atoms with E-state index in [1.165, 1.54) is 0 Å². The van der Waals surface area contributed by atoms with E-state index < -0.39 is 0 Å². The molecule has 6 nitrogen and oxygen atoms in total. The van der Waals surface area contributed by atoms with Gasteiger partial charge in [-0.15, -0.1) is 11.3 Å². The number of rotatable bonds is 4. The second kappa shape index (κ2) is 7.45. The molecule has 3 rings (SSSR count). The highest BCUT2D eigenvalue weighted by molar-refractivity contribution is 7.80. The molecule has 1 aromatic carbocycles. The molecule has 128 valence electrons. The Morgan fingerprint density at radius 1 is 1.24 bits per heavy atom. The van der Waals surface area contributed by atoms with Crippen molar-refractivity contribution in [2.45, 2.75) is 6.92 Å².